The number of carbonyl (C=O) groups is 1. The van der Waals surface area contributed by atoms with E-state index in [0.717, 1.165) is 38.8 Å². The summed E-state index contributed by atoms with van der Waals surface area (Å²) in [6.45, 7) is 3.73. The van der Waals surface area contributed by atoms with E-state index in [9.17, 15) is 4.79 Å². The van der Waals surface area contributed by atoms with Gasteiger partial charge in [0.2, 0.25) is 0 Å². The fourth-order valence-corrected chi connectivity index (χ4v) is 1.37. The Kier molecular flexibility index (Phi) is 8.33. The molecule has 0 bridgehead atoms. The lowest BCUT2D eigenvalue weighted by Crippen LogP contribution is -2.40. The molecule has 0 aromatic rings. The Morgan fingerprint density at radius 3 is 2.53 bits per heavy atom. The fourth-order valence-electron chi connectivity index (χ4n) is 1.37. The molecule has 90 valence electrons. The molecule has 0 aliphatic carbocycles. The first kappa shape index (κ1) is 14.4. The Morgan fingerprint density at radius 1 is 1.40 bits per heavy atom. The predicted molar refractivity (Wildman–Crippen MR) is 62.1 cm³/mol. The maximum atomic E-state index is 10.9. The van der Waals surface area contributed by atoms with Crippen molar-refractivity contribution in [1.29, 1.82) is 0 Å². The maximum absolute atomic E-state index is 10.9. The highest BCUT2D eigenvalue weighted by Gasteiger charge is 2.15. The van der Waals surface area contributed by atoms with Gasteiger partial charge < -0.3 is 15.3 Å². The number of carboxylic acids is 1. The van der Waals surface area contributed by atoms with E-state index in [1.54, 1.807) is 0 Å². The molecular weight excluding hydrogens is 192 g/mol. The molecule has 2 N–H and O–H groups in total. The van der Waals surface area contributed by atoms with E-state index in [0.29, 0.717) is 0 Å². The summed E-state index contributed by atoms with van der Waals surface area (Å²) in [6.07, 6.45) is 3.96. The van der Waals surface area contributed by atoms with Crippen LogP contribution < -0.4 is 5.32 Å². The predicted octanol–water partition coefficient (Wildman–Crippen LogP) is 1.17. The molecule has 0 amide bonds. The first-order valence-corrected chi connectivity index (χ1v) is 5.68. The Hall–Kier alpha value is -0.610. The molecule has 0 aliphatic rings. The molecule has 4 nitrogen and oxygen atoms in total. The van der Waals surface area contributed by atoms with E-state index in [2.05, 4.69) is 12.2 Å². The number of nitrogens with zero attached hydrogens (tertiary/aromatic N) is 1. The largest absolute Gasteiger partial charge is 0.480 e. The number of likely N-dealkylation sites (N-methyl/N-ethyl adjacent to an activating group) is 1. The zero-order valence-electron chi connectivity index (χ0n) is 10.1. The first-order chi connectivity index (χ1) is 7.07. The zero-order chi connectivity index (χ0) is 11.7. The third-order valence-electron chi connectivity index (χ3n) is 2.34. The van der Waals surface area contributed by atoms with Gasteiger partial charge in [-0.3, -0.25) is 4.79 Å². The standard InChI is InChI=1S/C11H24N2O2/c1-4-5-6-7-10(11(14)15)12-8-9-13(2)3/h10,12H,4-9H2,1-3H3,(H,14,15). The van der Waals surface area contributed by atoms with Gasteiger partial charge in [0, 0.05) is 13.1 Å². The molecule has 0 aliphatic heterocycles. The lowest BCUT2D eigenvalue weighted by atomic mass is 10.1. The summed E-state index contributed by atoms with van der Waals surface area (Å²) in [5.41, 5.74) is 0. The summed E-state index contributed by atoms with van der Waals surface area (Å²) in [6, 6.07) is -0.378. The summed E-state index contributed by atoms with van der Waals surface area (Å²) in [5, 5.41) is 12.0. The second kappa shape index (κ2) is 8.68. The van der Waals surface area contributed by atoms with Crippen LogP contribution in [0.15, 0.2) is 0 Å². The van der Waals surface area contributed by atoms with Gasteiger partial charge >= 0.3 is 5.97 Å². The summed E-state index contributed by atoms with van der Waals surface area (Å²) in [7, 11) is 3.96. The number of aliphatic carboxylic acids is 1. The minimum Gasteiger partial charge on any atom is -0.480 e. The maximum Gasteiger partial charge on any atom is 0.320 e. The number of carboxylic acid groups (broad SMARTS) is 1. The quantitative estimate of drug-likeness (QED) is 0.568. The number of rotatable bonds is 9. The highest BCUT2D eigenvalue weighted by molar-refractivity contribution is 5.73. The summed E-state index contributed by atoms with van der Waals surface area (Å²) in [5.74, 6) is -0.732. The summed E-state index contributed by atoms with van der Waals surface area (Å²) in [4.78, 5) is 12.9. The van der Waals surface area contributed by atoms with Gasteiger partial charge in [-0.05, 0) is 20.5 Å². The zero-order valence-corrected chi connectivity index (χ0v) is 10.1. The molecule has 0 radical (unpaired) electrons. The van der Waals surface area contributed by atoms with Crippen LogP contribution in [0.5, 0.6) is 0 Å². The Morgan fingerprint density at radius 2 is 2.07 bits per heavy atom. The van der Waals surface area contributed by atoms with Gasteiger partial charge in [0.25, 0.3) is 0 Å². The smallest absolute Gasteiger partial charge is 0.320 e. The molecule has 0 aromatic heterocycles. The normalized spacial score (nSPS) is 13.1. The van der Waals surface area contributed by atoms with Crippen LogP contribution in [0.4, 0.5) is 0 Å². The van der Waals surface area contributed by atoms with Crippen molar-refractivity contribution in [3.8, 4) is 0 Å². The average molecular weight is 216 g/mol. The van der Waals surface area contributed by atoms with Crippen molar-refractivity contribution in [3.63, 3.8) is 0 Å². The van der Waals surface area contributed by atoms with Crippen LogP contribution in [0.25, 0.3) is 0 Å². The summed E-state index contributed by atoms with van der Waals surface area (Å²) >= 11 is 0. The van der Waals surface area contributed by atoms with Crippen LogP contribution in [-0.2, 0) is 4.79 Å². The minimum absolute atomic E-state index is 0.378. The molecule has 15 heavy (non-hydrogen) atoms. The van der Waals surface area contributed by atoms with E-state index >= 15 is 0 Å². The molecular formula is C11H24N2O2. The monoisotopic (exact) mass is 216 g/mol. The van der Waals surface area contributed by atoms with Gasteiger partial charge in [-0.1, -0.05) is 26.2 Å². The lowest BCUT2D eigenvalue weighted by Gasteiger charge is -2.16. The highest BCUT2D eigenvalue weighted by atomic mass is 16.4. The van der Waals surface area contributed by atoms with Gasteiger partial charge in [-0.15, -0.1) is 0 Å². The van der Waals surface area contributed by atoms with Crippen LogP contribution in [0.1, 0.15) is 32.6 Å². The van der Waals surface area contributed by atoms with Gasteiger partial charge in [-0.2, -0.15) is 0 Å². The van der Waals surface area contributed by atoms with Crippen LogP contribution >= 0.6 is 0 Å². The van der Waals surface area contributed by atoms with E-state index in [-0.39, 0.29) is 6.04 Å². The van der Waals surface area contributed by atoms with E-state index in [1.165, 1.54) is 0 Å². The van der Waals surface area contributed by atoms with E-state index < -0.39 is 5.97 Å². The third kappa shape index (κ3) is 8.39. The average Bonchev–Trinajstić information content (AvgIpc) is 2.15. The van der Waals surface area contributed by atoms with Crippen LogP contribution in [0.3, 0.4) is 0 Å². The van der Waals surface area contributed by atoms with Crippen molar-refractivity contribution in [1.82, 2.24) is 10.2 Å². The Balaban J connectivity index is 3.69. The van der Waals surface area contributed by atoms with Crippen molar-refractivity contribution in [2.24, 2.45) is 0 Å². The summed E-state index contributed by atoms with van der Waals surface area (Å²) < 4.78 is 0. The van der Waals surface area contributed by atoms with Crippen molar-refractivity contribution in [3.05, 3.63) is 0 Å². The van der Waals surface area contributed by atoms with Crippen molar-refractivity contribution < 1.29 is 9.90 Å². The molecule has 1 unspecified atom stereocenters. The topological polar surface area (TPSA) is 52.6 Å². The highest BCUT2D eigenvalue weighted by Crippen LogP contribution is 2.03. The van der Waals surface area contributed by atoms with Crippen LogP contribution in [0.2, 0.25) is 0 Å². The number of unbranched alkanes of at least 4 members (excludes halogenated alkanes) is 2. The second-order valence-corrected chi connectivity index (χ2v) is 4.14. The number of hydrogen-bond acceptors (Lipinski definition) is 3. The lowest BCUT2D eigenvalue weighted by molar-refractivity contribution is -0.139. The van der Waals surface area contributed by atoms with Crippen molar-refractivity contribution in [2.45, 2.75) is 38.6 Å². The molecule has 4 heteroatoms. The second-order valence-electron chi connectivity index (χ2n) is 4.14. The van der Waals surface area contributed by atoms with Crippen molar-refractivity contribution >= 4 is 5.97 Å². The fraction of sp³-hybridized carbons (Fsp3) is 0.909. The molecule has 0 saturated carbocycles. The van der Waals surface area contributed by atoms with Gasteiger partial charge in [0.15, 0.2) is 0 Å². The van der Waals surface area contributed by atoms with Gasteiger partial charge in [0.05, 0.1) is 0 Å². The molecule has 0 aromatic carbocycles. The van der Waals surface area contributed by atoms with E-state index in [4.69, 9.17) is 5.11 Å². The first-order valence-electron chi connectivity index (χ1n) is 5.68. The SMILES string of the molecule is CCCCCC(NCCN(C)C)C(=O)O. The van der Waals surface area contributed by atoms with Crippen LogP contribution in [-0.4, -0.2) is 49.2 Å². The van der Waals surface area contributed by atoms with Crippen LogP contribution in [0, 0.1) is 0 Å². The molecule has 0 rings (SSSR count). The molecule has 1 atom stereocenters. The molecule has 0 fully saturated rings. The van der Waals surface area contributed by atoms with E-state index in [1.807, 2.05) is 19.0 Å². The minimum atomic E-state index is -0.732. The molecule has 0 heterocycles. The Labute approximate surface area is 92.7 Å². The Bertz CT molecular complexity index is 172. The van der Waals surface area contributed by atoms with Gasteiger partial charge in [0.1, 0.15) is 6.04 Å². The third-order valence-corrected chi connectivity index (χ3v) is 2.34. The number of nitrogens with one attached hydrogen (secondary N) is 1. The molecule has 0 saturated heterocycles. The molecule has 0 spiro atoms. The number of hydrogen-bond donors (Lipinski definition) is 2. The van der Waals surface area contributed by atoms with Crippen molar-refractivity contribution in [2.75, 3.05) is 27.2 Å². The van der Waals surface area contributed by atoms with Gasteiger partial charge in [-0.25, -0.2) is 0 Å².